The number of hydrogen-bond donors (Lipinski definition) is 2. The van der Waals surface area contributed by atoms with Crippen molar-refractivity contribution in [1.82, 2.24) is 20.4 Å². The molecule has 1 saturated heterocycles. The van der Waals surface area contributed by atoms with Crippen molar-refractivity contribution < 1.29 is 33.4 Å². The minimum absolute atomic E-state index is 0.0910. The van der Waals surface area contributed by atoms with Gasteiger partial charge in [-0.25, -0.2) is 4.79 Å². The lowest BCUT2D eigenvalue weighted by Crippen LogP contribution is -2.70. The first-order valence-corrected chi connectivity index (χ1v) is 9.57. The molecule has 1 fully saturated rings. The fourth-order valence-electron chi connectivity index (χ4n) is 2.69. The highest BCUT2D eigenvalue weighted by atomic mass is 79.9. The molecule has 0 spiro atoms. The predicted octanol–water partition coefficient (Wildman–Crippen LogP) is 0.150. The third-order valence-electron chi connectivity index (χ3n) is 3.87. The van der Waals surface area contributed by atoms with Gasteiger partial charge < -0.3 is 19.6 Å². The van der Waals surface area contributed by atoms with Crippen molar-refractivity contribution >= 4 is 51.4 Å². The number of nitrogens with zero attached hydrogens (tertiary/aromatic N) is 3. The Hall–Kier alpha value is -2.67. The number of halogens is 1. The van der Waals surface area contributed by atoms with Crippen molar-refractivity contribution in [3.8, 4) is 0 Å². The summed E-state index contributed by atoms with van der Waals surface area (Å²) in [6, 6.07) is -0.924. The zero-order valence-corrected chi connectivity index (χ0v) is 16.7. The summed E-state index contributed by atoms with van der Waals surface area (Å²) < 4.78 is 9.81. The molecule has 0 saturated carbocycles. The maximum absolute atomic E-state index is 12.5. The van der Waals surface area contributed by atoms with Crippen LogP contribution in [0.25, 0.3) is 0 Å². The van der Waals surface area contributed by atoms with Crippen LogP contribution in [0, 0.1) is 0 Å². The fraction of sp³-hybridized carbons (Fsp3) is 0.333. The quantitative estimate of drug-likeness (QED) is 0.431. The van der Waals surface area contributed by atoms with E-state index in [2.05, 4.69) is 31.4 Å². The van der Waals surface area contributed by atoms with E-state index in [4.69, 9.17) is 9.15 Å². The molecule has 11 nitrogen and oxygen atoms in total. The van der Waals surface area contributed by atoms with Crippen LogP contribution >= 0.6 is 27.7 Å². The second-order valence-corrected chi connectivity index (χ2v) is 7.27. The number of carboxylic acids is 1. The number of amides is 2. The van der Waals surface area contributed by atoms with E-state index in [0.717, 1.165) is 23.1 Å². The lowest BCUT2D eigenvalue weighted by molar-refractivity contribution is -0.150. The smallest absolute Gasteiger partial charge is 0.353 e. The minimum atomic E-state index is -1.34. The number of hydrogen-bond acceptors (Lipinski definition) is 9. The molecular formula is C15H13BrN4O7S. The lowest BCUT2D eigenvalue weighted by Gasteiger charge is -2.49. The van der Waals surface area contributed by atoms with E-state index >= 15 is 0 Å². The molecule has 0 aromatic carbocycles. The second kappa shape index (κ2) is 8.14. The van der Waals surface area contributed by atoms with E-state index in [1.807, 2.05) is 0 Å². The van der Waals surface area contributed by atoms with Crippen LogP contribution in [-0.2, 0) is 30.3 Å². The first kappa shape index (κ1) is 20.1. The Bertz CT molecular complexity index is 898. The summed E-state index contributed by atoms with van der Waals surface area (Å²) in [7, 11) is 0. The zero-order valence-electron chi connectivity index (χ0n) is 14.2. The summed E-state index contributed by atoms with van der Waals surface area (Å²) in [5.41, 5.74) is -0.104. The second-order valence-electron chi connectivity index (χ2n) is 5.66. The Kier molecular flexibility index (Phi) is 5.84. The zero-order chi connectivity index (χ0) is 20.4. The predicted molar refractivity (Wildman–Crippen MR) is 96.5 cm³/mol. The van der Waals surface area contributed by atoms with Gasteiger partial charge in [0.05, 0.1) is 0 Å². The van der Waals surface area contributed by atoms with Crippen LogP contribution in [0.3, 0.4) is 0 Å². The number of carboxylic acid groups (broad SMARTS) is 1. The van der Waals surface area contributed by atoms with Gasteiger partial charge in [-0.2, -0.15) is 0 Å². The number of aliphatic carboxylic acids is 1. The number of aromatic nitrogens is 2. The number of nitrogens with one attached hydrogen (secondary N) is 1. The minimum Gasteiger partial charge on any atom is -0.477 e. The highest BCUT2D eigenvalue weighted by Crippen LogP contribution is 2.46. The van der Waals surface area contributed by atoms with E-state index in [-0.39, 0.29) is 30.2 Å². The Balaban J connectivity index is 1.81. The van der Waals surface area contributed by atoms with Gasteiger partial charge in [-0.15, -0.1) is 10.2 Å². The molecule has 3 rings (SSSR count). The van der Waals surface area contributed by atoms with Crippen molar-refractivity contribution in [1.29, 1.82) is 0 Å². The van der Waals surface area contributed by atoms with Crippen molar-refractivity contribution in [2.45, 2.75) is 24.8 Å². The van der Waals surface area contributed by atoms with Crippen molar-refractivity contribution in [2.24, 2.45) is 0 Å². The van der Waals surface area contributed by atoms with Gasteiger partial charge in [0.1, 0.15) is 30.1 Å². The van der Waals surface area contributed by atoms with Crippen LogP contribution in [0.2, 0.25) is 0 Å². The lowest BCUT2D eigenvalue weighted by atomic mass is 10.0. The number of esters is 1. The average Bonchev–Trinajstić information content (AvgIpc) is 3.15. The number of carbonyl (C=O) groups excluding carboxylic acids is 3. The van der Waals surface area contributed by atoms with Crippen LogP contribution in [0.4, 0.5) is 0 Å². The van der Waals surface area contributed by atoms with Crippen molar-refractivity contribution in [3.05, 3.63) is 33.4 Å². The Labute approximate surface area is 170 Å². The molecular weight excluding hydrogens is 460 g/mol. The van der Waals surface area contributed by atoms with E-state index in [9.17, 15) is 24.3 Å². The summed E-state index contributed by atoms with van der Waals surface area (Å²) in [5.74, 6) is -2.93. The van der Waals surface area contributed by atoms with Crippen LogP contribution in [-0.4, -0.2) is 62.0 Å². The molecule has 2 amide bonds. The maximum Gasteiger partial charge on any atom is 0.353 e. The number of fused-ring (bicyclic) bond motifs is 1. The van der Waals surface area contributed by atoms with Gasteiger partial charge in [-0.3, -0.25) is 19.3 Å². The standard InChI is InChI=1S/C15H13BrN4O7S/c1-6(21)26-4-7-8(3-16)28-14-11(13(23)20(14)12(7)15(24)25)18-9(22)2-10-19-17-5-27-10/h3,5,11,14H,2,4H2,1H3,(H,18,22)(H,24,25)/t11?,14-/m0/s1. The normalized spacial score (nSPS) is 22.6. The largest absolute Gasteiger partial charge is 0.477 e. The van der Waals surface area contributed by atoms with E-state index in [1.165, 1.54) is 11.9 Å². The number of ether oxygens (including phenoxy) is 1. The van der Waals surface area contributed by atoms with Crippen LogP contribution in [0.1, 0.15) is 12.8 Å². The molecule has 13 heteroatoms. The molecule has 2 aliphatic heterocycles. The van der Waals surface area contributed by atoms with Gasteiger partial charge in [-0.1, -0.05) is 27.7 Å². The van der Waals surface area contributed by atoms with E-state index in [0.29, 0.717) is 4.91 Å². The third-order valence-corrected chi connectivity index (χ3v) is 5.97. The van der Waals surface area contributed by atoms with Gasteiger partial charge in [0, 0.05) is 17.4 Å². The fourth-order valence-corrected chi connectivity index (χ4v) is 4.54. The molecule has 0 aliphatic carbocycles. The molecule has 1 aromatic rings. The maximum atomic E-state index is 12.5. The van der Waals surface area contributed by atoms with Gasteiger partial charge >= 0.3 is 11.9 Å². The van der Waals surface area contributed by atoms with Crippen molar-refractivity contribution in [2.75, 3.05) is 6.61 Å². The van der Waals surface area contributed by atoms with Gasteiger partial charge in [0.2, 0.25) is 18.2 Å². The number of carbonyl (C=O) groups is 4. The molecule has 2 N–H and O–H groups in total. The molecule has 2 atom stereocenters. The van der Waals surface area contributed by atoms with Gasteiger partial charge in [0.15, 0.2) is 0 Å². The van der Waals surface area contributed by atoms with Crippen LogP contribution in [0.5, 0.6) is 0 Å². The van der Waals surface area contributed by atoms with Crippen LogP contribution < -0.4 is 5.32 Å². The van der Waals surface area contributed by atoms with Gasteiger partial charge in [-0.05, 0) is 4.99 Å². The number of β-lactam (4-membered cyclic amide) rings is 1. The highest BCUT2D eigenvalue weighted by Gasteiger charge is 2.55. The Morgan fingerprint density at radius 3 is 2.82 bits per heavy atom. The summed E-state index contributed by atoms with van der Waals surface area (Å²) in [4.78, 5) is 50.6. The first-order valence-electron chi connectivity index (χ1n) is 7.78. The van der Waals surface area contributed by atoms with Crippen LogP contribution in [0.15, 0.2) is 32.0 Å². The van der Waals surface area contributed by atoms with E-state index in [1.54, 1.807) is 0 Å². The number of thioether (sulfide) groups is 1. The molecule has 3 heterocycles. The molecule has 148 valence electrons. The monoisotopic (exact) mass is 472 g/mol. The topological polar surface area (TPSA) is 152 Å². The summed E-state index contributed by atoms with van der Waals surface area (Å²) in [6.45, 7) is 0.896. The Morgan fingerprint density at radius 2 is 2.25 bits per heavy atom. The molecule has 0 bridgehead atoms. The summed E-state index contributed by atoms with van der Waals surface area (Å²) >= 11 is 4.33. The molecule has 2 aliphatic rings. The first-order chi connectivity index (χ1) is 13.3. The third kappa shape index (κ3) is 3.80. The van der Waals surface area contributed by atoms with Crippen molar-refractivity contribution in [3.63, 3.8) is 0 Å². The average molecular weight is 473 g/mol. The Morgan fingerprint density at radius 1 is 1.50 bits per heavy atom. The summed E-state index contributed by atoms with van der Waals surface area (Å²) in [5, 5.41) is 18.6. The molecule has 1 unspecified atom stereocenters. The number of rotatable bonds is 6. The van der Waals surface area contributed by atoms with Gasteiger partial charge in [0.25, 0.3) is 5.91 Å². The molecule has 0 radical (unpaired) electrons. The molecule has 1 aromatic heterocycles. The SMILES string of the molecule is CC(=O)OCC1=C(C(=O)O)N2C(=O)C(NC(=O)Cc3nnco3)[C@@H]2SC1=CBr. The summed E-state index contributed by atoms with van der Waals surface area (Å²) in [6.07, 6.45) is 0.874. The van der Waals surface area contributed by atoms with E-state index < -0.39 is 35.2 Å². The molecule has 28 heavy (non-hydrogen) atoms. The highest BCUT2D eigenvalue weighted by molar-refractivity contribution is 9.11.